The summed E-state index contributed by atoms with van der Waals surface area (Å²) in [6.45, 7) is 5.50. The highest BCUT2D eigenvalue weighted by Gasteiger charge is 2.16. The van der Waals surface area contributed by atoms with Gasteiger partial charge in [0.2, 0.25) is 0 Å². The van der Waals surface area contributed by atoms with Gasteiger partial charge in [0.1, 0.15) is 6.10 Å². The van der Waals surface area contributed by atoms with Crippen molar-refractivity contribution in [1.82, 2.24) is 0 Å². The van der Waals surface area contributed by atoms with Crippen molar-refractivity contribution < 1.29 is 9.90 Å². The van der Waals surface area contributed by atoms with Crippen LogP contribution in [-0.4, -0.2) is 24.2 Å². The number of amides is 1. The molecule has 1 rings (SSSR count). The summed E-state index contributed by atoms with van der Waals surface area (Å²) in [7, 11) is 1.67. The SMILES string of the molecule is Cc1ccc(N(C)C(=O)C(C)O)cc1C. The molecule has 82 valence electrons. The minimum absolute atomic E-state index is 0.293. The highest BCUT2D eigenvalue weighted by Crippen LogP contribution is 2.18. The van der Waals surface area contributed by atoms with E-state index in [4.69, 9.17) is 0 Å². The normalized spacial score (nSPS) is 12.3. The number of aliphatic hydroxyl groups excluding tert-OH is 1. The van der Waals surface area contributed by atoms with Crippen LogP contribution >= 0.6 is 0 Å². The zero-order valence-electron chi connectivity index (χ0n) is 9.61. The van der Waals surface area contributed by atoms with Crippen molar-refractivity contribution in [2.75, 3.05) is 11.9 Å². The Labute approximate surface area is 90.3 Å². The van der Waals surface area contributed by atoms with E-state index < -0.39 is 6.10 Å². The van der Waals surface area contributed by atoms with E-state index >= 15 is 0 Å². The minimum Gasteiger partial charge on any atom is -0.384 e. The predicted octanol–water partition coefficient (Wildman–Crippen LogP) is 1.65. The van der Waals surface area contributed by atoms with Gasteiger partial charge in [-0.15, -0.1) is 0 Å². The molecule has 0 bridgehead atoms. The summed E-state index contributed by atoms with van der Waals surface area (Å²) in [6, 6.07) is 5.79. The highest BCUT2D eigenvalue weighted by molar-refractivity contribution is 5.95. The van der Waals surface area contributed by atoms with Gasteiger partial charge in [-0.05, 0) is 44.0 Å². The Morgan fingerprint density at radius 2 is 1.93 bits per heavy atom. The van der Waals surface area contributed by atoms with E-state index in [0.717, 1.165) is 11.3 Å². The number of carbonyl (C=O) groups excluding carboxylic acids is 1. The van der Waals surface area contributed by atoms with Crippen LogP contribution in [0.25, 0.3) is 0 Å². The molecule has 1 amide bonds. The Hall–Kier alpha value is -1.35. The minimum atomic E-state index is -0.961. The van der Waals surface area contributed by atoms with E-state index in [9.17, 15) is 9.90 Å². The zero-order chi connectivity index (χ0) is 11.6. The maximum atomic E-state index is 11.5. The molecule has 0 heterocycles. The fourth-order valence-electron chi connectivity index (χ4n) is 1.34. The quantitative estimate of drug-likeness (QED) is 0.801. The van der Waals surface area contributed by atoms with Gasteiger partial charge in [-0.3, -0.25) is 4.79 Å². The molecule has 0 saturated heterocycles. The van der Waals surface area contributed by atoms with Crippen molar-refractivity contribution >= 4 is 11.6 Å². The summed E-state index contributed by atoms with van der Waals surface area (Å²) in [5.74, 6) is -0.293. The third-order valence-electron chi connectivity index (χ3n) is 2.57. The molecule has 0 radical (unpaired) electrons. The van der Waals surface area contributed by atoms with Gasteiger partial charge in [-0.1, -0.05) is 6.07 Å². The number of hydrogen-bond donors (Lipinski definition) is 1. The van der Waals surface area contributed by atoms with Crippen LogP contribution in [0.3, 0.4) is 0 Å². The van der Waals surface area contributed by atoms with Gasteiger partial charge >= 0.3 is 0 Å². The molecule has 1 atom stereocenters. The summed E-state index contributed by atoms with van der Waals surface area (Å²) in [4.78, 5) is 13.0. The summed E-state index contributed by atoms with van der Waals surface area (Å²) in [6.07, 6.45) is -0.961. The number of rotatable bonds is 2. The molecule has 0 aliphatic rings. The summed E-state index contributed by atoms with van der Waals surface area (Å²) in [5.41, 5.74) is 3.14. The molecule has 0 aliphatic heterocycles. The maximum Gasteiger partial charge on any atom is 0.255 e. The van der Waals surface area contributed by atoms with Gasteiger partial charge in [0.05, 0.1) is 0 Å². The standard InChI is InChI=1S/C12H17NO2/c1-8-5-6-11(7-9(8)2)13(4)12(15)10(3)14/h5-7,10,14H,1-4H3. The van der Waals surface area contributed by atoms with Crippen molar-refractivity contribution in [2.45, 2.75) is 26.9 Å². The second-order valence-corrected chi connectivity index (χ2v) is 3.84. The van der Waals surface area contributed by atoms with Gasteiger partial charge < -0.3 is 10.0 Å². The fourth-order valence-corrected chi connectivity index (χ4v) is 1.34. The number of carbonyl (C=O) groups is 1. The number of aryl methyl sites for hydroxylation is 2. The van der Waals surface area contributed by atoms with Gasteiger partial charge in [-0.25, -0.2) is 0 Å². The van der Waals surface area contributed by atoms with Crippen LogP contribution in [0.1, 0.15) is 18.1 Å². The van der Waals surface area contributed by atoms with Crippen LogP contribution in [0.15, 0.2) is 18.2 Å². The number of anilines is 1. The zero-order valence-corrected chi connectivity index (χ0v) is 9.61. The Morgan fingerprint density at radius 3 is 2.40 bits per heavy atom. The van der Waals surface area contributed by atoms with Crippen LogP contribution in [0.5, 0.6) is 0 Å². The van der Waals surface area contributed by atoms with E-state index in [1.165, 1.54) is 17.4 Å². The first-order valence-electron chi connectivity index (χ1n) is 4.96. The largest absolute Gasteiger partial charge is 0.384 e. The van der Waals surface area contributed by atoms with Gasteiger partial charge in [0.15, 0.2) is 0 Å². The molecule has 1 N–H and O–H groups in total. The predicted molar refractivity (Wildman–Crippen MR) is 61.0 cm³/mol. The van der Waals surface area contributed by atoms with E-state index in [1.54, 1.807) is 7.05 Å². The smallest absolute Gasteiger partial charge is 0.255 e. The Balaban J connectivity index is 2.97. The molecule has 3 nitrogen and oxygen atoms in total. The molecule has 0 spiro atoms. The first-order chi connectivity index (χ1) is 6.93. The molecular weight excluding hydrogens is 190 g/mol. The lowest BCUT2D eigenvalue weighted by molar-refractivity contribution is -0.125. The molecule has 3 heteroatoms. The molecule has 0 aromatic heterocycles. The monoisotopic (exact) mass is 207 g/mol. The third kappa shape index (κ3) is 2.57. The van der Waals surface area contributed by atoms with Crippen molar-refractivity contribution in [2.24, 2.45) is 0 Å². The highest BCUT2D eigenvalue weighted by atomic mass is 16.3. The molecule has 0 fully saturated rings. The van der Waals surface area contributed by atoms with E-state index in [2.05, 4.69) is 0 Å². The average Bonchev–Trinajstić information content (AvgIpc) is 2.19. The summed E-state index contributed by atoms with van der Waals surface area (Å²) >= 11 is 0. The number of aliphatic hydroxyl groups is 1. The lowest BCUT2D eigenvalue weighted by atomic mass is 10.1. The first kappa shape index (κ1) is 11.7. The molecule has 1 aromatic carbocycles. The van der Waals surface area contributed by atoms with Crippen LogP contribution in [0.2, 0.25) is 0 Å². The van der Waals surface area contributed by atoms with Crippen molar-refractivity contribution in [3.8, 4) is 0 Å². The summed E-state index contributed by atoms with van der Waals surface area (Å²) in [5, 5.41) is 9.19. The molecular formula is C12H17NO2. The van der Waals surface area contributed by atoms with Gasteiger partial charge in [-0.2, -0.15) is 0 Å². The van der Waals surface area contributed by atoms with Crippen molar-refractivity contribution in [3.63, 3.8) is 0 Å². The van der Waals surface area contributed by atoms with Gasteiger partial charge in [0, 0.05) is 12.7 Å². The molecule has 0 saturated carbocycles. The van der Waals surface area contributed by atoms with Crippen LogP contribution < -0.4 is 4.90 Å². The fraction of sp³-hybridized carbons (Fsp3) is 0.417. The molecule has 0 aliphatic carbocycles. The van der Waals surface area contributed by atoms with Crippen molar-refractivity contribution in [3.05, 3.63) is 29.3 Å². The second-order valence-electron chi connectivity index (χ2n) is 3.84. The first-order valence-corrected chi connectivity index (χ1v) is 4.96. The number of benzene rings is 1. The molecule has 1 aromatic rings. The lowest BCUT2D eigenvalue weighted by Crippen LogP contribution is -2.34. The maximum absolute atomic E-state index is 11.5. The van der Waals surface area contributed by atoms with E-state index in [0.29, 0.717) is 0 Å². The van der Waals surface area contributed by atoms with E-state index in [-0.39, 0.29) is 5.91 Å². The molecule has 15 heavy (non-hydrogen) atoms. The van der Waals surface area contributed by atoms with Crippen LogP contribution in [0.4, 0.5) is 5.69 Å². The van der Waals surface area contributed by atoms with Crippen LogP contribution in [0, 0.1) is 13.8 Å². The van der Waals surface area contributed by atoms with Crippen LogP contribution in [-0.2, 0) is 4.79 Å². The van der Waals surface area contributed by atoms with Gasteiger partial charge in [0.25, 0.3) is 5.91 Å². The number of nitrogens with zero attached hydrogens (tertiary/aromatic N) is 1. The Bertz CT molecular complexity index is 372. The molecule has 1 unspecified atom stereocenters. The lowest BCUT2D eigenvalue weighted by Gasteiger charge is -2.19. The number of hydrogen-bond acceptors (Lipinski definition) is 2. The topological polar surface area (TPSA) is 40.5 Å². The number of likely N-dealkylation sites (N-methyl/N-ethyl adjacent to an activating group) is 1. The Morgan fingerprint density at radius 1 is 1.33 bits per heavy atom. The summed E-state index contributed by atoms with van der Waals surface area (Å²) < 4.78 is 0. The Kier molecular flexibility index (Phi) is 3.48. The third-order valence-corrected chi connectivity index (χ3v) is 2.57. The van der Waals surface area contributed by atoms with Crippen molar-refractivity contribution in [1.29, 1.82) is 0 Å². The van der Waals surface area contributed by atoms with E-state index in [1.807, 2.05) is 32.0 Å². The second kappa shape index (κ2) is 4.45. The average molecular weight is 207 g/mol.